The van der Waals surface area contributed by atoms with Gasteiger partial charge in [0.25, 0.3) is 0 Å². The smallest absolute Gasteiger partial charge is 0.314 e. The minimum Gasteiger partial charge on any atom is -0.426 e. The zero-order valence-electron chi connectivity index (χ0n) is 16.4. The molecule has 0 aromatic heterocycles. The Bertz CT molecular complexity index is 505. The van der Waals surface area contributed by atoms with E-state index in [0.717, 1.165) is 18.8 Å². The SMILES string of the molecule is CCCCC[C@H]1CC[C@@H](C(=O)Oc2ccc(CCCC)cc2)[C@H](C)C1. The van der Waals surface area contributed by atoms with E-state index in [9.17, 15) is 4.79 Å². The molecule has 0 bridgehead atoms. The molecule has 25 heavy (non-hydrogen) atoms. The first-order valence-corrected chi connectivity index (χ1v) is 10.4. The number of benzene rings is 1. The fraction of sp³-hybridized carbons (Fsp3) is 0.696. The highest BCUT2D eigenvalue weighted by molar-refractivity contribution is 5.75. The Morgan fingerprint density at radius 3 is 2.40 bits per heavy atom. The second kappa shape index (κ2) is 10.6. The Hall–Kier alpha value is -1.31. The fourth-order valence-electron chi connectivity index (χ4n) is 4.10. The molecule has 1 aromatic rings. The lowest BCUT2D eigenvalue weighted by Gasteiger charge is -2.32. The molecule has 0 saturated heterocycles. The van der Waals surface area contributed by atoms with Crippen LogP contribution in [0.25, 0.3) is 0 Å². The lowest BCUT2D eigenvalue weighted by Crippen LogP contribution is -2.32. The molecule has 1 fully saturated rings. The predicted molar refractivity (Wildman–Crippen MR) is 105 cm³/mol. The Morgan fingerprint density at radius 2 is 1.76 bits per heavy atom. The maximum atomic E-state index is 12.6. The maximum Gasteiger partial charge on any atom is 0.314 e. The van der Waals surface area contributed by atoms with E-state index < -0.39 is 0 Å². The number of rotatable bonds is 9. The molecule has 1 aliphatic rings. The molecule has 0 N–H and O–H groups in total. The molecule has 0 spiro atoms. The van der Waals surface area contributed by atoms with Gasteiger partial charge in [0.2, 0.25) is 0 Å². The molecule has 2 heteroatoms. The van der Waals surface area contributed by atoms with Crippen LogP contribution in [-0.4, -0.2) is 5.97 Å². The third-order valence-electron chi connectivity index (χ3n) is 5.76. The van der Waals surface area contributed by atoms with Crippen LogP contribution in [0.5, 0.6) is 5.75 Å². The van der Waals surface area contributed by atoms with Crippen LogP contribution in [0.2, 0.25) is 0 Å². The van der Waals surface area contributed by atoms with Gasteiger partial charge in [-0.15, -0.1) is 0 Å². The maximum absolute atomic E-state index is 12.6. The number of ether oxygens (including phenoxy) is 1. The van der Waals surface area contributed by atoms with Crippen molar-refractivity contribution in [1.29, 1.82) is 0 Å². The normalized spacial score (nSPS) is 23.4. The van der Waals surface area contributed by atoms with Gasteiger partial charge in [0.1, 0.15) is 5.75 Å². The number of aryl methyl sites for hydroxylation is 1. The van der Waals surface area contributed by atoms with Gasteiger partial charge < -0.3 is 4.74 Å². The van der Waals surface area contributed by atoms with Crippen molar-refractivity contribution in [1.82, 2.24) is 0 Å². The molecule has 0 heterocycles. The number of esters is 1. The Morgan fingerprint density at radius 1 is 1.04 bits per heavy atom. The van der Waals surface area contributed by atoms with E-state index in [0.29, 0.717) is 11.7 Å². The summed E-state index contributed by atoms with van der Waals surface area (Å²) in [6, 6.07) is 8.08. The van der Waals surface area contributed by atoms with Crippen LogP contribution in [0.3, 0.4) is 0 Å². The zero-order valence-corrected chi connectivity index (χ0v) is 16.4. The third kappa shape index (κ3) is 6.49. The van der Waals surface area contributed by atoms with Crippen molar-refractivity contribution in [3.63, 3.8) is 0 Å². The van der Waals surface area contributed by atoms with Crippen LogP contribution < -0.4 is 4.74 Å². The Balaban J connectivity index is 1.80. The average Bonchev–Trinajstić information content (AvgIpc) is 2.61. The largest absolute Gasteiger partial charge is 0.426 e. The number of hydrogen-bond acceptors (Lipinski definition) is 2. The molecule has 0 aliphatic heterocycles. The monoisotopic (exact) mass is 344 g/mol. The topological polar surface area (TPSA) is 26.3 Å². The summed E-state index contributed by atoms with van der Waals surface area (Å²) in [5, 5.41) is 0. The van der Waals surface area contributed by atoms with Crippen LogP contribution in [0.1, 0.15) is 84.1 Å². The minimum absolute atomic E-state index is 0.0270. The average molecular weight is 345 g/mol. The standard InChI is InChI=1S/C23H36O2/c1-4-6-8-10-20-13-16-22(18(3)17-20)23(24)25-21-14-11-19(12-15-21)9-7-5-2/h11-12,14-15,18,20,22H,4-10,13,16-17H2,1-3H3/t18-,20+,22-/m1/s1. The molecule has 0 radical (unpaired) electrons. The van der Waals surface area contributed by atoms with Crippen molar-refractivity contribution in [3.8, 4) is 5.75 Å². The van der Waals surface area contributed by atoms with Gasteiger partial charge in [-0.05, 0) is 61.6 Å². The van der Waals surface area contributed by atoms with Gasteiger partial charge in [0.15, 0.2) is 0 Å². The number of carbonyl (C=O) groups is 1. The van der Waals surface area contributed by atoms with Gasteiger partial charge in [-0.2, -0.15) is 0 Å². The summed E-state index contributed by atoms with van der Waals surface area (Å²) in [6.45, 7) is 6.69. The van der Waals surface area contributed by atoms with Crippen LogP contribution in [0.15, 0.2) is 24.3 Å². The van der Waals surface area contributed by atoms with Crippen LogP contribution in [0.4, 0.5) is 0 Å². The first-order chi connectivity index (χ1) is 12.1. The van der Waals surface area contributed by atoms with Crippen molar-refractivity contribution < 1.29 is 9.53 Å². The van der Waals surface area contributed by atoms with Gasteiger partial charge in [-0.3, -0.25) is 4.79 Å². The molecule has 2 rings (SSSR count). The summed E-state index contributed by atoms with van der Waals surface area (Å²) in [7, 11) is 0. The van der Waals surface area contributed by atoms with Gasteiger partial charge in [0, 0.05) is 0 Å². The molecule has 0 amide bonds. The third-order valence-corrected chi connectivity index (χ3v) is 5.76. The summed E-state index contributed by atoms with van der Waals surface area (Å²) < 4.78 is 5.68. The van der Waals surface area contributed by atoms with Crippen LogP contribution >= 0.6 is 0 Å². The number of hydrogen-bond donors (Lipinski definition) is 0. The van der Waals surface area contributed by atoms with E-state index in [1.165, 1.54) is 56.9 Å². The van der Waals surface area contributed by atoms with Crippen LogP contribution in [-0.2, 0) is 11.2 Å². The van der Waals surface area contributed by atoms with E-state index >= 15 is 0 Å². The van der Waals surface area contributed by atoms with E-state index in [1.807, 2.05) is 12.1 Å². The van der Waals surface area contributed by atoms with E-state index in [1.54, 1.807) is 0 Å². The van der Waals surface area contributed by atoms with Crippen molar-refractivity contribution in [2.75, 3.05) is 0 Å². The molecule has 3 atom stereocenters. The van der Waals surface area contributed by atoms with E-state index in [2.05, 4.69) is 32.9 Å². The summed E-state index contributed by atoms with van der Waals surface area (Å²) in [6.07, 6.45) is 12.2. The molecular formula is C23H36O2. The fourth-order valence-corrected chi connectivity index (χ4v) is 4.10. The van der Waals surface area contributed by atoms with Crippen LogP contribution in [0, 0.1) is 17.8 Å². The lowest BCUT2D eigenvalue weighted by atomic mass is 9.73. The summed E-state index contributed by atoms with van der Waals surface area (Å²) in [4.78, 5) is 12.6. The van der Waals surface area contributed by atoms with Gasteiger partial charge in [0.05, 0.1) is 5.92 Å². The van der Waals surface area contributed by atoms with Gasteiger partial charge in [-0.25, -0.2) is 0 Å². The van der Waals surface area contributed by atoms with Gasteiger partial charge in [-0.1, -0.05) is 65.0 Å². The zero-order chi connectivity index (χ0) is 18.1. The first-order valence-electron chi connectivity index (χ1n) is 10.4. The second-order valence-electron chi connectivity index (χ2n) is 7.93. The molecule has 1 saturated carbocycles. The molecular weight excluding hydrogens is 308 g/mol. The van der Waals surface area contributed by atoms with E-state index in [-0.39, 0.29) is 11.9 Å². The molecule has 2 nitrogen and oxygen atoms in total. The van der Waals surface area contributed by atoms with Crippen molar-refractivity contribution in [2.45, 2.75) is 85.0 Å². The Kier molecular flexibility index (Phi) is 8.51. The highest BCUT2D eigenvalue weighted by Crippen LogP contribution is 2.37. The van der Waals surface area contributed by atoms with Gasteiger partial charge >= 0.3 is 5.97 Å². The molecule has 1 aliphatic carbocycles. The number of carbonyl (C=O) groups excluding carboxylic acids is 1. The van der Waals surface area contributed by atoms with E-state index in [4.69, 9.17) is 4.74 Å². The molecule has 140 valence electrons. The summed E-state index contributed by atoms with van der Waals surface area (Å²) in [5.41, 5.74) is 1.32. The second-order valence-corrected chi connectivity index (χ2v) is 7.93. The Labute approximate surface area is 154 Å². The van der Waals surface area contributed by atoms with Crippen molar-refractivity contribution in [3.05, 3.63) is 29.8 Å². The van der Waals surface area contributed by atoms with Crippen molar-refractivity contribution in [2.24, 2.45) is 17.8 Å². The summed E-state index contributed by atoms with van der Waals surface area (Å²) >= 11 is 0. The first kappa shape index (κ1) is 20.0. The molecule has 1 aromatic carbocycles. The highest BCUT2D eigenvalue weighted by Gasteiger charge is 2.33. The molecule has 0 unspecified atom stereocenters. The summed E-state index contributed by atoms with van der Waals surface area (Å²) in [5.74, 6) is 1.99. The quantitative estimate of drug-likeness (QED) is 0.288. The predicted octanol–water partition coefficient (Wildman–Crippen LogP) is 6.57. The highest BCUT2D eigenvalue weighted by atomic mass is 16.5. The lowest BCUT2D eigenvalue weighted by molar-refractivity contribution is -0.142. The van der Waals surface area contributed by atoms with Crippen molar-refractivity contribution >= 4 is 5.97 Å². The minimum atomic E-state index is -0.0270. The number of unbranched alkanes of at least 4 members (excludes halogenated alkanes) is 3.